The fourth-order valence-corrected chi connectivity index (χ4v) is 3.47. The van der Waals surface area contributed by atoms with Crippen LogP contribution in [-0.4, -0.2) is 55.3 Å². The third kappa shape index (κ3) is 4.02. The van der Waals surface area contributed by atoms with Crippen molar-refractivity contribution in [1.29, 1.82) is 0 Å². The quantitative estimate of drug-likeness (QED) is 0.724. The van der Waals surface area contributed by atoms with Crippen LogP contribution in [0, 0.1) is 0 Å². The van der Waals surface area contributed by atoms with E-state index in [1.807, 2.05) is 43.3 Å². The lowest BCUT2D eigenvalue weighted by Gasteiger charge is -2.26. The van der Waals surface area contributed by atoms with E-state index in [1.54, 1.807) is 17.8 Å². The van der Waals surface area contributed by atoms with Gasteiger partial charge < -0.3 is 14.5 Å². The van der Waals surface area contributed by atoms with Crippen molar-refractivity contribution in [1.82, 2.24) is 9.80 Å². The minimum atomic E-state index is 0.0402. The molecule has 1 saturated heterocycles. The molecular formula is C16H22N2O2S. The molecule has 2 rings (SSSR count). The second-order valence-electron chi connectivity index (χ2n) is 5.19. The lowest BCUT2D eigenvalue weighted by atomic mass is 10.2. The van der Waals surface area contributed by atoms with Crippen molar-refractivity contribution in [2.75, 3.05) is 39.5 Å². The summed E-state index contributed by atoms with van der Waals surface area (Å²) in [6.07, 6.45) is 1.73. The number of carbonyl (C=O) groups is 1. The summed E-state index contributed by atoms with van der Waals surface area (Å²) in [6.45, 7) is 5.75. The average Bonchev–Trinajstić information content (AvgIpc) is 2.84. The summed E-state index contributed by atoms with van der Waals surface area (Å²) in [5.74, 6) is 1.57. The van der Waals surface area contributed by atoms with Crippen molar-refractivity contribution in [3.05, 3.63) is 42.5 Å². The van der Waals surface area contributed by atoms with Crippen LogP contribution in [0.4, 0.5) is 0 Å². The maximum Gasteiger partial charge on any atom is 0.233 e. The van der Waals surface area contributed by atoms with Crippen LogP contribution in [0.5, 0.6) is 5.75 Å². The van der Waals surface area contributed by atoms with E-state index in [0.717, 1.165) is 24.4 Å². The number of nitrogens with zero attached hydrogens (tertiary/aromatic N) is 2. The first kappa shape index (κ1) is 15.9. The highest BCUT2D eigenvalue weighted by Crippen LogP contribution is 2.42. The topological polar surface area (TPSA) is 32.8 Å². The highest BCUT2D eigenvalue weighted by molar-refractivity contribution is 8.00. The number of hydrogen-bond acceptors (Lipinski definition) is 4. The number of thioether (sulfide) groups is 1. The summed E-state index contributed by atoms with van der Waals surface area (Å²) in [7, 11) is 4.04. The molecule has 0 saturated carbocycles. The van der Waals surface area contributed by atoms with Crippen LogP contribution in [0.2, 0.25) is 0 Å². The third-order valence-corrected chi connectivity index (χ3v) is 4.54. The van der Waals surface area contributed by atoms with Crippen molar-refractivity contribution in [2.24, 2.45) is 0 Å². The van der Waals surface area contributed by atoms with Crippen molar-refractivity contribution in [3.63, 3.8) is 0 Å². The normalized spacial score (nSPS) is 18.3. The zero-order chi connectivity index (χ0) is 15.2. The molecule has 1 aliphatic rings. The van der Waals surface area contributed by atoms with Crippen molar-refractivity contribution >= 4 is 17.7 Å². The first-order chi connectivity index (χ1) is 10.1. The van der Waals surface area contributed by atoms with Gasteiger partial charge >= 0.3 is 0 Å². The molecule has 1 aromatic carbocycles. The SMILES string of the molecule is C=CCOc1ccccc1C1SCC(=O)N1CCN(C)C. The number of ether oxygens (including phenoxy) is 1. The van der Waals surface area contributed by atoms with Crippen LogP contribution in [0.15, 0.2) is 36.9 Å². The molecule has 5 heteroatoms. The predicted octanol–water partition coefficient (Wildman–Crippen LogP) is 2.39. The van der Waals surface area contributed by atoms with Crippen LogP contribution in [0.3, 0.4) is 0 Å². The zero-order valence-corrected chi connectivity index (χ0v) is 13.4. The summed E-state index contributed by atoms with van der Waals surface area (Å²) in [4.78, 5) is 16.2. The molecule has 0 aromatic heterocycles. The Morgan fingerprint density at radius 2 is 2.24 bits per heavy atom. The van der Waals surface area contributed by atoms with E-state index >= 15 is 0 Å². The zero-order valence-electron chi connectivity index (χ0n) is 12.6. The van der Waals surface area contributed by atoms with Crippen molar-refractivity contribution in [2.45, 2.75) is 5.37 Å². The molecule has 1 heterocycles. The lowest BCUT2D eigenvalue weighted by Crippen LogP contribution is -2.34. The Bertz CT molecular complexity index is 505. The Labute approximate surface area is 130 Å². The summed E-state index contributed by atoms with van der Waals surface area (Å²) in [6, 6.07) is 7.93. The summed E-state index contributed by atoms with van der Waals surface area (Å²) in [5, 5.41) is 0.0402. The number of amides is 1. The third-order valence-electron chi connectivity index (χ3n) is 3.30. The van der Waals surface area contributed by atoms with Gasteiger partial charge in [0.15, 0.2) is 0 Å². The van der Waals surface area contributed by atoms with E-state index < -0.39 is 0 Å². The summed E-state index contributed by atoms with van der Waals surface area (Å²) < 4.78 is 5.73. The molecular weight excluding hydrogens is 284 g/mol. The highest BCUT2D eigenvalue weighted by Gasteiger charge is 2.34. The lowest BCUT2D eigenvalue weighted by molar-refractivity contribution is -0.128. The molecule has 4 nitrogen and oxygen atoms in total. The smallest absolute Gasteiger partial charge is 0.233 e. The van der Waals surface area contributed by atoms with E-state index in [4.69, 9.17) is 4.74 Å². The molecule has 1 aromatic rings. The number of hydrogen-bond donors (Lipinski definition) is 0. The van der Waals surface area contributed by atoms with Gasteiger partial charge in [-0.2, -0.15) is 0 Å². The fourth-order valence-electron chi connectivity index (χ4n) is 2.23. The fraction of sp³-hybridized carbons (Fsp3) is 0.438. The Balaban J connectivity index is 2.18. The predicted molar refractivity (Wildman–Crippen MR) is 87.6 cm³/mol. The van der Waals surface area contributed by atoms with Gasteiger partial charge in [-0.3, -0.25) is 4.79 Å². The standard InChI is InChI=1S/C16H22N2O2S/c1-4-11-20-14-8-6-5-7-13(14)16-18(10-9-17(2)3)15(19)12-21-16/h4-8,16H,1,9-12H2,2-3H3. The van der Waals surface area contributed by atoms with Crippen LogP contribution >= 0.6 is 11.8 Å². The molecule has 0 aliphatic carbocycles. The maximum absolute atomic E-state index is 12.1. The Morgan fingerprint density at radius 3 is 2.95 bits per heavy atom. The monoisotopic (exact) mass is 306 g/mol. The van der Waals surface area contributed by atoms with Gasteiger partial charge in [-0.1, -0.05) is 30.9 Å². The minimum Gasteiger partial charge on any atom is -0.489 e. The van der Waals surface area contributed by atoms with Crippen molar-refractivity contribution < 1.29 is 9.53 Å². The number of para-hydroxylation sites is 1. The molecule has 1 atom stereocenters. The molecule has 1 unspecified atom stereocenters. The largest absolute Gasteiger partial charge is 0.489 e. The van der Waals surface area contributed by atoms with Crippen LogP contribution in [-0.2, 0) is 4.79 Å². The van der Waals surface area contributed by atoms with E-state index in [2.05, 4.69) is 11.5 Å². The van der Waals surface area contributed by atoms with Gasteiger partial charge in [0.2, 0.25) is 5.91 Å². The van der Waals surface area contributed by atoms with Crippen LogP contribution in [0.25, 0.3) is 0 Å². The van der Waals surface area contributed by atoms with Crippen LogP contribution in [0.1, 0.15) is 10.9 Å². The molecule has 114 valence electrons. The van der Waals surface area contributed by atoms with Gasteiger partial charge in [0.05, 0.1) is 5.75 Å². The minimum absolute atomic E-state index is 0.0402. The van der Waals surface area contributed by atoms with E-state index in [9.17, 15) is 4.79 Å². The Kier molecular flexibility index (Phi) is 5.70. The Hall–Kier alpha value is -1.46. The number of rotatable bonds is 7. The molecule has 0 spiro atoms. The number of likely N-dealkylation sites (N-methyl/N-ethyl adjacent to an activating group) is 1. The molecule has 0 radical (unpaired) electrons. The van der Waals surface area contributed by atoms with Gasteiger partial charge in [-0.25, -0.2) is 0 Å². The first-order valence-corrected chi connectivity index (χ1v) is 8.06. The van der Waals surface area contributed by atoms with E-state index in [1.165, 1.54) is 0 Å². The maximum atomic E-state index is 12.1. The van der Waals surface area contributed by atoms with Gasteiger partial charge in [-0.15, -0.1) is 11.8 Å². The molecule has 1 fully saturated rings. The Morgan fingerprint density at radius 1 is 1.48 bits per heavy atom. The molecule has 1 amide bonds. The highest BCUT2D eigenvalue weighted by atomic mass is 32.2. The second kappa shape index (κ2) is 7.52. The molecule has 21 heavy (non-hydrogen) atoms. The van der Waals surface area contributed by atoms with Gasteiger partial charge in [0.25, 0.3) is 0 Å². The number of benzene rings is 1. The molecule has 0 N–H and O–H groups in total. The second-order valence-corrected chi connectivity index (χ2v) is 6.26. The molecule has 0 bridgehead atoms. The van der Waals surface area contributed by atoms with Crippen molar-refractivity contribution in [3.8, 4) is 5.75 Å². The van der Waals surface area contributed by atoms with Gasteiger partial charge in [-0.05, 0) is 20.2 Å². The molecule has 1 aliphatic heterocycles. The first-order valence-electron chi connectivity index (χ1n) is 7.02. The van der Waals surface area contributed by atoms with Crippen LogP contribution < -0.4 is 4.74 Å². The van der Waals surface area contributed by atoms with E-state index in [0.29, 0.717) is 12.4 Å². The van der Waals surface area contributed by atoms with Gasteiger partial charge in [0, 0.05) is 18.7 Å². The summed E-state index contributed by atoms with van der Waals surface area (Å²) in [5.41, 5.74) is 1.06. The van der Waals surface area contributed by atoms with E-state index in [-0.39, 0.29) is 11.3 Å². The average molecular weight is 306 g/mol. The number of carbonyl (C=O) groups excluding carboxylic acids is 1. The van der Waals surface area contributed by atoms with Gasteiger partial charge in [0.1, 0.15) is 17.7 Å². The summed E-state index contributed by atoms with van der Waals surface area (Å²) >= 11 is 1.66.